The lowest BCUT2D eigenvalue weighted by molar-refractivity contribution is 0.116. The number of sulfone groups is 1. The van der Waals surface area contributed by atoms with E-state index in [1.807, 2.05) is 30.3 Å². The van der Waals surface area contributed by atoms with Crippen LogP contribution in [0.1, 0.15) is 31.2 Å². The van der Waals surface area contributed by atoms with Crippen molar-refractivity contribution in [2.75, 3.05) is 19.5 Å². The van der Waals surface area contributed by atoms with Crippen LogP contribution in [-0.4, -0.2) is 45.8 Å². The molecule has 0 unspecified atom stereocenters. The molecular weight excluding hydrogens is 352 g/mol. The molecule has 0 heterocycles. The third-order valence-electron chi connectivity index (χ3n) is 4.93. The molecule has 0 saturated heterocycles. The molecule has 0 amide bonds. The van der Waals surface area contributed by atoms with Crippen LogP contribution >= 0.6 is 0 Å². The van der Waals surface area contributed by atoms with Crippen molar-refractivity contribution in [3.63, 3.8) is 0 Å². The minimum Gasteiger partial charge on any atom is -0.375 e. The molecule has 8 heteroatoms. The van der Waals surface area contributed by atoms with Gasteiger partial charge in [0.1, 0.15) is 0 Å². The van der Waals surface area contributed by atoms with E-state index in [-0.39, 0.29) is 6.61 Å². The van der Waals surface area contributed by atoms with Crippen LogP contribution in [0.2, 0.25) is 0 Å². The fourth-order valence-electron chi connectivity index (χ4n) is 3.03. The quantitative estimate of drug-likeness (QED) is 0.611. The maximum Gasteiger partial charge on any atom is 0.268 e. The highest BCUT2D eigenvalue weighted by Gasteiger charge is 2.68. The zero-order valence-electron chi connectivity index (χ0n) is 13.6. The zero-order valence-corrected chi connectivity index (χ0v) is 15.2. The summed E-state index contributed by atoms with van der Waals surface area (Å²) in [4.78, 5) is 0. The third-order valence-corrected chi connectivity index (χ3v) is 9.88. The summed E-state index contributed by atoms with van der Waals surface area (Å²) in [5, 5.41) is 0. The van der Waals surface area contributed by atoms with Crippen molar-refractivity contribution in [2.24, 2.45) is 0 Å². The van der Waals surface area contributed by atoms with Crippen LogP contribution < -0.4 is 0 Å². The van der Waals surface area contributed by atoms with Gasteiger partial charge in [0.15, 0.2) is 9.84 Å². The fraction of sp³-hybridized carbons (Fsp3) is 0.625. The lowest BCUT2D eigenvalue weighted by Gasteiger charge is -2.23. The predicted octanol–water partition coefficient (Wildman–Crippen LogP) is 1.66. The van der Waals surface area contributed by atoms with Gasteiger partial charge in [0.25, 0.3) is 10.1 Å². The highest BCUT2D eigenvalue weighted by molar-refractivity contribution is 7.96. The normalized spacial score (nSPS) is 21.4. The number of benzene rings is 1. The molecule has 2 aliphatic carbocycles. The second-order valence-corrected chi connectivity index (χ2v) is 11.2. The molecule has 0 aromatic heterocycles. The Balaban J connectivity index is 1.68. The van der Waals surface area contributed by atoms with Gasteiger partial charge < -0.3 is 4.74 Å². The first-order valence-corrected chi connectivity index (χ1v) is 11.0. The van der Waals surface area contributed by atoms with Gasteiger partial charge in [0.2, 0.25) is 0 Å². The van der Waals surface area contributed by atoms with Gasteiger partial charge in [-0.25, -0.2) is 8.42 Å². The smallest absolute Gasteiger partial charge is 0.268 e. The molecule has 0 aliphatic heterocycles. The molecule has 3 rings (SSSR count). The van der Waals surface area contributed by atoms with Gasteiger partial charge >= 0.3 is 0 Å². The summed E-state index contributed by atoms with van der Waals surface area (Å²) in [7, 11) is -6.35. The molecule has 2 fully saturated rings. The van der Waals surface area contributed by atoms with E-state index in [9.17, 15) is 16.8 Å². The van der Waals surface area contributed by atoms with E-state index in [1.54, 1.807) is 0 Å². The van der Waals surface area contributed by atoms with E-state index in [1.165, 1.54) is 0 Å². The van der Waals surface area contributed by atoms with Crippen LogP contribution in [0.25, 0.3) is 0 Å². The van der Waals surface area contributed by atoms with Crippen molar-refractivity contribution in [3.05, 3.63) is 35.9 Å². The van der Waals surface area contributed by atoms with Crippen LogP contribution in [0.5, 0.6) is 0 Å². The molecule has 2 saturated carbocycles. The summed E-state index contributed by atoms with van der Waals surface area (Å²) < 4.78 is 57.5. The van der Waals surface area contributed by atoms with Crippen LogP contribution in [-0.2, 0) is 35.5 Å². The number of hydrogen-bond acceptors (Lipinski definition) is 6. The molecule has 1 aromatic rings. The third kappa shape index (κ3) is 3.24. The van der Waals surface area contributed by atoms with Gasteiger partial charge in [-0.05, 0) is 31.2 Å². The Labute approximate surface area is 143 Å². The Morgan fingerprint density at radius 3 is 2.04 bits per heavy atom. The molecule has 2 aliphatic rings. The molecule has 0 atom stereocenters. The Hall–Kier alpha value is -0.960. The average Bonchev–Trinajstić information content (AvgIpc) is 3.45. The first kappa shape index (κ1) is 17.8. The van der Waals surface area contributed by atoms with Crippen molar-refractivity contribution in [1.82, 2.24) is 0 Å². The molecule has 134 valence electrons. The monoisotopic (exact) mass is 374 g/mol. The lowest BCUT2D eigenvalue weighted by atomic mass is 10.2. The summed E-state index contributed by atoms with van der Waals surface area (Å²) in [6, 6.07) is 9.54. The zero-order chi connectivity index (χ0) is 17.5. The van der Waals surface area contributed by atoms with Crippen molar-refractivity contribution in [1.29, 1.82) is 0 Å². The van der Waals surface area contributed by atoms with Gasteiger partial charge in [-0.15, -0.1) is 0 Å². The second kappa shape index (κ2) is 6.09. The summed E-state index contributed by atoms with van der Waals surface area (Å²) in [5.41, 5.74) is 0.980. The van der Waals surface area contributed by atoms with E-state index in [2.05, 4.69) is 4.18 Å². The molecule has 24 heavy (non-hydrogen) atoms. The van der Waals surface area contributed by atoms with Crippen molar-refractivity contribution in [2.45, 2.75) is 41.8 Å². The Morgan fingerprint density at radius 2 is 1.54 bits per heavy atom. The van der Waals surface area contributed by atoms with E-state index in [0.29, 0.717) is 32.3 Å². The van der Waals surface area contributed by atoms with E-state index in [0.717, 1.165) is 12.7 Å². The fourth-order valence-corrected chi connectivity index (χ4v) is 7.57. The van der Waals surface area contributed by atoms with Gasteiger partial charge in [-0.2, -0.15) is 8.42 Å². The van der Waals surface area contributed by atoms with E-state index >= 15 is 0 Å². The van der Waals surface area contributed by atoms with Gasteiger partial charge in [0, 0.05) is 0 Å². The first-order valence-electron chi connectivity index (χ1n) is 7.90. The van der Waals surface area contributed by atoms with Gasteiger partial charge in [-0.1, -0.05) is 30.3 Å². The number of hydrogen-bond donors (Lipinski definition) is 0. The predicted molar refractivity (Wildman–Crippen MR) is 89.7 cm³/mol. The molecule has 0 N–H and O–H groups in total. The van der Waals surface area contributed by atoms with Crippen molar-refractivity contribution in [3.8, 4) is 0 Å². The summed E-state index contributed by atoms with van der Waals surface area (Å²) in [5.74, 6) is -0.459. The largest absolute Gasteiger partial charge is 0.375 e. The summed E-state index contributed by atoms with van der Waals surface area (Å²) in [6.45, 7) is 0.459. The highest BCUT2D eigenvalue weighted by atomic mass is 32.2. The number of ether oxygens (including phenoxy) is 1. The maximum atomic E-state index is 13.0. The Bertz CT molecular complexity index is 790. The van der Waals surface area contributed by atoms with Crippen LogP contribution in [0.15, 0.2) is 30.3 Å². The molecule has 0 spiro atoms. The standard InChI is InChI=1S/C16H22O6S2/c1-21-23(17,18)13-16(9-10-16)24(19,20)15(7-8-15)12-22-11-14-5-3-2-4-6-14/h2-6H,7-13H2,1H3. The van der Waals surface area contributed by atoms with Crippen LogP contribution in [0, 0.1) is 0 Å². The molecule has 1 aromatic carbocycles. The Morgan fingerprint density at radius 1 is 0.958 bits per heavy atom. The van der Waals surface area contributed by atoms with E-state index < -0.39 is 35.2 Å². The molecular formula is C16H22O6S2. The highest BCUT2D eigenvalue weighted by Crippen LogP contribution is 2.57. The molecule has 0 radical (unpaired) electrons. The summed E-state index contributed by atoms with van der Waals surface area (Å²) in [6.07, 6.45) is 1.80. The summed E-state index contributed by atoms with van der Waals surface area (Å²) >= 11 is 0. The SMILES string of the molecule is COS(=O)(=O)CC1(S(=O)(=O)C2(COCc3ccccc3)CC2)CC1. The van der Waals surface area contributed by atoms with Crippen molar-refractivity contribution < 1.29 is 25.8 Å². The minimum atomic E-state index is -3.81. The van der Waals surface area contributed by atoms with Crippen LogP contribution in [0.3, 0.4) is 0 Å². The Kier molecular flexibility index (Phi) is 4.53. The second-order valence-electron chi connectivity index (χ2n) is 6.72. The van der Waals surface area contributed by atoms with Crippen molar-refractivity contribution >= 4 is 20.0 Å². The first-order chi connectivity index (χ1) is 11.3. The molecule has 0 bridgehead atoms. The average molecular weight is 374 g/mol. The van der Waals surface area contributed by atoms with Gasteiger partial charge in [-0.3, -0.25) is 4.18 Å². The van der Waals surface area contributed by atoms with Crippen LogP contribution in [0.4, 0.5) is 0 Å². The topological polar surface area (TPSA) is 86.7 Å². The minimum absolute atomic E-state index is 0.110. The molecule has 6 nitrogen and oxygen atoms in total. The van der Waals surface area contributed by atoms with E-state index in [4.69, 9.17) is 4.74 Å². The maximum absolute atomic E-state index is 13.0. The number of rotatable bonds is 9. The van der Waals surface area contributed by atoms with Gasteiger partial charge in [0.05, 0.1) is 35.6 Å². The lowest BCUT2D eigenvalue weighted by Crippen LogP contribution is -2.42.